The van der Waals surface area contributed by atoms with Crippen molar-refractivity contribution in [2.75, 3.05) is 10.6 Å². The normalized spacial score (nSPS) is 10.9. The molecule has 8 nitrogen and oxygen atoms in total. The molecule has 2 N–H and O–H groups in total. The molecule has 0 aliphatic rings. The summed E-state index contributed by atoms with van der Waals surface area (Å²) in [7, 11) is 0. The first-order valence-corrected chi connectivity index (χ1v) is 9.93. The predicted molar refractivity (Wildman–Crippen MR) is 121 cm³/mol. The van der Waals surface area contributed by atoms with Gasteiger partial charge in [0, 0.05) is 30.5 Å². The van der Waals surface area contributed by atoms with Gasteiger partial charge in [-0.1, -0.05) is 0 Å². The van der Waals surface area contributed by atoms with E-state index >= 15 is 0 Å². The molecule has 0 radical (unpaired) electrons. The van der Waals surface area contributed by atoms with Crippen molar-refractivity contribution in [2.24, 2.45) is 0 Å². The van der Waals surface area contributed by atoms with Crippen molar-refractivity contribution in [1.29, 1.82) is 0 Å². The molecule has 158 valence electrons. The second-order valence-corrected chi connectivity index (χ2v) is 9.01. The Hall–Kier alpha value is -2.43. The minimum absolute atomic E-state index is 0.452. The zero-order valence-electron chi connectivity index (χ0n) is 17.4. The number of pyridine rings is 2. The topological polar surface area (TPSA) is 102 Å². The molecule has 2 aromatic rings. The minimum atomic E-state index is -0.484. The lowest BCUT2D eigenvalue weighted by Gasteiger charge is -2.19. The Morgan fingerprint density at radius 1 is 0.828 bits per heavy atom. The molecule has 0 spiro atoms. The number of amides is 2. The SMILES string of the molecule is CC(C)(C)OC(=O)Nc1ccncc1.CC(C)(C)OC(=O)Nc1ccncc1I. The van der Waals surface area contributed by atoms with Gasteiger partial charge < -0.3 is 9.47 Å². The van der Waals surface area contributed by atoms with Crippen LogP contribution in [0.3, 0.4) is 0 Å². The fourth-order valence-corrected chi connectivity index (χ4v) is 2.22. The molecule has 0 unspecified atom stereocenters. The monoisotopic (exact) mass is 514 g/mol. The van der Waals surface area contributed by atoms with Crippen LogP contribution in [0.5, 0.6) is 0 Å². The number of nitrogens with one attached hydrogen (secondary N) is 2. The highest BCUT2D eigenvalue weighted by molar-refractivity contribution is 14.1. The molecule has 2 aromatic heterocycles. The number of carbonyl (C=O) groups excluding carboxylic acids is 2. The van der Waals surface area contributed by atoms with Crippen molar-refractivity contribution in [2.45, 2.75) is 52.7 Å². The van der Waals surface area contributed by atoms with Crippen molar-refractivity contribution in [3.8, 4) is 0 Å². The molecule has 0 fully saturated rings. The zero-order chi connectivity index (χ0) is 22.1. The van der Waals surface area contributed by atoms with E-state index in [0.717, 1.165) is 3.57 Å². The van der Waals surface area contributed by atoms with Gasteiger partial charge in [-0.15, -0.1) is 0 Å². The van der Waals surface area contributed by atoms with Crippen LogP contribution in [0.4, 0.5) is 21.0 Å². The summed E-state index contributed by atoms with van der Waals surface area (Å²) in [6, 6.07) is 5.12. The van der Waals surface area contributed by atoms with Crippen LogP contribution in [-0.4, -0.2) is 33.4 Å². The summed E-state index contributed by atoms with van der Waals surface area (Å²) in [5.41, 5.74) is 0.425. The standard InChI is InChI=1S/C10H13IN2O2.C10H14N2O2/c1-10(2,3)15-9(14)13-8-4-5-12-6-7(8)11;1-10(2,3)14-9(13)12-8-4-6-11-7-5-8/h4-6H,1-3H3,(H,12,13,14);4-7H,1-3H3,(H,11,12,13). The summed E-state index contributed by atoms with van der Waals surface area (Å²) < 4.78 is 11.1. The van der Waals surface area contributed by atoms with Crippen molar-refractivity contribution in [3.63, 3.8) is 0 Å². The van der Waals surface area contributed by atoms with E-state index in [1.165, 1.54) is 0 Å². The van der Waals surface area contributed by atoms with Crippen LogP contribution < -0.4 is 10.6 Å². The Labute approximate surface area is 184 Å². The molecule has 0 saturated heterocycles. The molecule has 0 bridgehead atoms. The van der Waals surface area contributed by atoms with Crippen LogP contribution in [0, 0.1) is 3.57 Å². The molecule has 2 heterocycles. The smallest absolute Gasteiger partial charge is 0.412 e. The fraction of sp³-hybridized carbons (Fsp3) is 0.400. The van der Waals surface area contributed by atoms with Gasteiger partial charge in [-0.25, -0.2) is 9.59 Å². The Morgan fingerprint density at radius 3 is 1.79 bits per heavy atom. The van der Waals surface area contributed by atoms with Crippen molar-refractivity contribution >= 4 is 46.2 Å². The molecule has 0 atom stereocenters. The van der Waals surface area contributed by atoms with Crippen LogP contribution >= 0.6 is 22.6 Å². The molecular weight excluding hydrogens is 487 g/mol. The maximum atomic E-state index is 11.4. The van der Waals surface area contributed by atoms with Gasteiger partial charge in [0.25, 0.3) is 0 Å². The van der Waals surface area contributed by atoms with Crippen molar-refractivity contribution in [3.05, 3.63) is 46.6 Å². The highest BCUT2D eigenvalue weighted by Gasteiger charge is 2.17. The maximum absolute atomic E-state index is 11.4. The molecule has 9 heteroatoms. The first-order chi connectivity index (χ1) is 13.4. The fourth-order valence-electron chi connectivity index (χ4n) is 1.75. The minimum Gasteiger partial charge on any atom is -0.444 e. The molecule has 2 amide bonds. The number of rotatable bonds is 2. The zero-order valence-corrected chi connectivity index (χ0v) is 19.6. The van der Waals surface area contributed by atoms with E-state index in [4.69, 9.17) is 9.47 Å². The lowest BCUT2D eigenvalue weighted by molar-refractivity contribution is 0.0624. The van der Waals surface area contributed by atoms with E-state index in [-0.39, 0.29) is 0 Å². The van der Waals surface area contributed by atoms with Crippen LogP contribution in [0.25, 0.3) is 0 Å². The second kappa shape index (κ2) is 10.9. The van der Waals surface area contributed by atoms with Crippen LogP contribution in [0.1, 0.15) is 41.5 Å². The number of halogens is 1. The molecule has 0 aliphatic carbocycles. The van der Waals surface area contributed by atoms with Crippen LogP contribution in [0.2, 0.25) is 0 Å². The van der Waals surface area contributed by atoms with Gasteiger partial charge >= 0.3 is 12.2 Å². The number of ether oxygens (including phenoxy) is 2. The Morgan fingerprint density at radius 2 is 1.31 bits per heavy atom. The van der Waals surface area contributed by atoms with Gasteiger partial charge in [0.05, 0.1) is 9.26 Å². The first-order valence-electron chi connectivity index (χ1n) is 8.85. The number of aromatic nitrogens is 2. The number of nitrogens with zero attached hydrogens (tertiary/aromatic N) is 2. The Kier molecular flexibility index (Phi) is 9.28. The van der Waals surface area contributed by atoms with Crippen LogP contribution in [-0.2, 0) is 9.47 Å². The number of hydrogen-bond acceptors (Lipinski definition) is 6. The number of anilines is 2. The highest BCUT2D eigenvalue weighted by Crippen LogP contribution is 2.17. The lowest BCUT2D eigenvalue weighted by Crippen LogP contribution is -2.27. The van der Waals surface area contributed by atoms with Crippen molar-refractivity contribution in [1.82, 2.24) is 9.97 Å². The Bertz CT molecular complexity index is 802. The van der Waals surface area contributed by atoms with Gasteiger partial charge in [-0.3, -0.25) is 20.6 Å². The second-order valence-electron chi connectivity index (χ2n) is 7.85. The summed E-state index contributed by atoms with van der Waals surface area (Å²) in [5, 5.41) is 5.26. The third-order valence-corrected chi connectivity index (χ3v) is 3.59. The van der Waals surface area contributed by atoms with Gasteiger partial charge in [0.15, 0.2) is 0 Å². The summed E-state index contributed by atoms with van der Waals surface area (Å²) in [6.07, 6.45) is 5.59. The summed E-state index contributed by atoms with van der Waals surface area (Å²) in [5.74, 6) is 0. The third kappa shape index (κ3) is 11.9. The molecule has 0 aliphatic heterocycles. The Balaban J connectivity index is 0.000000291. The number of hydrogen-bond donors (Lipinski definition) is 2. The van der Waals surface area contributed by atoms with Crippen LogP contribution in [0.15, 0.2) is 43.0 Å². The molecular formula is C20H27IN4O4. The number of carbonyl (C=O) groups is 2. The quantitative estimate of drug-likeness (QED) is 0.516. The lowest BCUT2D eigenvalue weighted by atomic mass is 10.2. The summed E-state index contributed by atoms with van der Waals surface area (Å²) in [4.78, 5) is 30.5. The largest absolute Gasteiger partial charge is 0.444 e. The molecule has 29 heavy (non-hydrogen) atoms. The summed E-state index contributed by atoms with van der Waals surface area (Å²) in [6.45, 7) is 10.9. The van der Waals surface area contributed by atoms with Crippen molar-refractivity contribution < 1.29 is 19.1 Å². The average molecular weight is 514 g/mol. The van der Waals surface area contributed by atoms with E-state index in [1.807, 2.05) is 41.5 Å². The third-order valence-electron chi connectivity index (χ3n) is 2.73. The van der Waals surface area contributed by atoms with Gasteiger partial charge in [0.2, 0.25) is 0 Å². The van der Waals surface area contributed by atoms with Gasteiger partial charge in [-0.05, 0) is 82.3 Å². The average Bonchev–Trinajstić information content (AvgIpc) is 2.55. The molecule has 0 aromatic carbocycles. The van der Waals surface area contributed by atoms with E-state index < -0.39 is 23.4 Å². The van der Waals surface area contributed by atoms with Gasteiger partial charge in [0.1, 0.15) is 11.2 Å². The summed E-state index contributed by atoms with van der Waals surface area (Å²) >= 11 is 2.10. The molecule has 2 rings (SSSR count). The molecule has 0 saturated carbocycles. The first kappa shape index (κ1) is 24.6. The van der Waals surface area contributed by atoms with Gasteiger partial charge in [-0.2, -0.15) is 0 Å². The van der Waals surface area contributed by atoms with E-state index in [0.29, 0.717) is 11.4 Å². The van der Waals surface area contributed by atoms with E-state index in [2.05, 4.69) is 43.2 Å². The predicted octanol–water partition coefficient (Wildman–Crippen LogP) is 5.46. The van der Waals surface area contributed by atoms with E-state index in [9.17, 15) is 9.59 Å². The maximum Gasteiger partial charge on any atom is 0.412 e. The highest BCUT2D eigenvalue weighted by atomic mass is 127. The van der Waals surface area contributed by atoms with E-state index in [1.54, 1.807) is 43.0 Å².